The standard InChI is InChI=1S/C8H21O3SSi.HI/c1-6-12(5)7-8-13(9-2,10-3)11-4;/h6-8H2,1-5H3;1H/q+1;/p-1. The van der Waals surface area contributed by atoms with Gasteiger partial charge < -0.3 is 37.3 Å². The SMILES string of the molecule is CC[S+](C)CC[Si](OC)(OC)OC.[I-]. The molecule has 0 radical (unpaired) electrons. The third kappa shape index (κ3) is 5.91. The molecule has 0 aliphatic rings. The molecule has 0 spiro atoms. The van der Waals surface area contributed by atoms with E-state index in [-0.39, 0.29) is 24.0 Å². The van der Waals surface area contributed by atoms with Gasteiger partial charge in [-0.25, -0.2) is 0 Å². The van der Waals surface area contributed by atoms with E-state index >= 15 is 0 Å². The van der Waals surface area contributed by atoms with Gasteiger partial charge in [0.2, 0.25) is 0 Å². The monoisotopic (exact) mass is 352 g/mol. The molecular weight excluding hydrogens is 331 g/mol. The van der Waals surface area contributed by atoms with Crippen LogP contribution in [0.15, 0.2) is 0 Å². The maximum Gasteiger partial charge on any atom is 0.504 e. The van der Waals surface area contributed by atoms with Crippen molar-refractivity contribution in [3.8, 4) is 0 Å². The minimum Gasteiger partial charge on any atom is -1.00 e. The van der Waals surface area contributed by atoms with Crippen LogP contribution >= 0.6 is 0 Å². The highest BCUT2D eigenvalue weighted by Crippen LogP contribution is 2.14. The molecule has 0 saturated carbocycles. The summed E-state index contributed by atoms with van der Waals surface area (Å²) in [5.41, 5.74) is 0. The van der Waals surface area contributed by atoms with Gasteiger partial charge >= 0.3 is 8.80 Å². The van der Waals surface area contributed by atoms with E-state index in [0.717, 1.165) is 11.8 Å². The highest BCUT2D eigenvalue weighted by atomic mass is 127. The molecule has 6 heteroatoms. The van der Waals surface area contributed by atoms with Crippen molar-refractivity contribution in [1.82, 2.24) is 0 Å². The lowest BCUT2D eigenvalue weighted by molar-refractivity contribution is -0.00000734. The molecule has 0 aromatic rings. The van der Waals surface area contributed by atoms with E-state index < -0.39 is 8.80 Å². The van der Waals surface area contributed by atoms with Crippen molar-refractivity contribution >= 4 is 19.7 Å². The topological polar surface area (TPSA) is 27.7 Å². The summed E-state index contributed by atoms with van der Waals surface area (Å²) in [6.45, 7) is 2.21. The molecule has 0 bridgehead atoms. The largest absolute Gasteiger partial charge is 1.00 e. The van der Waals surface area contributed by atoms with Crippen LogP contribution in [0, 0.1) is 0 Å². The summed E-state index contributed by atoms with van der Waals surface area (Å²) in [5, 5.41) is 0. The summed E-state index contributed by atoms with van der Waals surface area (Å²) < 4.78 is 16.0. The van der Waals surface area contributed by atoms with Gasteiger partial charge in [0.05, 0.1) is 12.3 Å². The number of hydrogen-bond donors (Lipinski definition) is 0. The zero-order valence-corrected chi connectivity index (χ0v) is 13.6. The predicted octanol–water partition coefficient (Wildman–Crippen LogP) is -1.86. The first-order valence-corrected chi connectivity index (χ1v) is 8.29. The fraction of sp³-hybridized carbons (Fsp3) is 1.00. The molecule has 0 N–H and O–H groups in total. The van der Waals surface area contributed by atoms with Gasteiger partial charge in [-0.05, 0) is 17.8 Å². The van der Waals surface area contributed by atoms with Crippen LogP contribution in [0.3, 0.4) is 0 Å². The van der Waals surface area contributed by atoms with Crippen LogP contribution in [0.4, 0.5) is 0 Å². The van der Waals surface area contributed by atoms with Crippen molar-refractivity contribution in [2.24, 2.45) is 0 Å². The average molecular weight is 352 g/mol. The summed E-state index contributed by atoms with van der Waals surface area (Å²) >= 11 is 0. The summed E-state index contributed by atoms with van der Waals surface area (Å²) in [5.74, 6) is 2.36. The third-order valence-corrected chi connectivity index (χ3v) is 7.16. The van der Waals surface area contributed by atoms with Crippen molar-refractivity contribution < 1.29 is 37.3 Å². The minimum atomic E-state index is -2.29. The van der Waals surface area contributed by atoms with Gasteiger partial charge in [-0.15, -0.1) is 0 Å². The zero-order chi connectivity index (χ0) is 10.3. The van der Waals surface area contributed by atoms with Crippen LogP contribution in [0.5, 0.6) is 0 Å². The van der Waals surface area contributed by atoms with Gasteiger partial charge in [-0.3, -0.25) is 0 Å². The van der Waals surface area contributed by atoms with E-state index in [2.05, 4.69) is 13.2 Å². The van der Waals surface area contributed by atoms with Crippen LogP contribution < -0.4 is 24.0 Å². The van der Waals surface area contributed by atoms with Crippen molar-refractivity contribution in [3.63, 3.8) is 0 Å². The highest BCUT2D eigenvalue weighted by molar-refractivity contribution is 7.96. The number of halogens is 1. The smallest absolute Gasteiger partial charge is 0.504 e. The summed E-state index contributed by atoms with van der Waals surface area (Å²) in [7, 11) is 3.17. The van der Waals surface area contributed by atoms with Gasteiger partial charge in [-0.1, -0.05) is 0 Å². The first-order valence-electron chi connectivity index (χ1n) is 4.38. The van der Waals surface area contributed by atoms with Crippen LogP contribution in [0.2, 0.25) is 6.04 Å². The van der Waals surface area contributed by atoms with E-state index in [1.54, 1.807) is 21.3 Å². The molecule has 0 rings (SSSR count). The fourth-order valence-electron chi connectivity index (χ4n) is 1.000. The molecule has 0 saturated heterocycles. The molecule has 0 amide bonds. The predicted molar refractivity (Wildman–Crippen MR) is 60.3 cm³/mol. The van der Waals surface area contributed by atoms with E-state index in [4.69, 9.17) is 13.3 Å². The second-order valence-electron chi connectivity index (χ2n) is 2.82. The quantitative estimate of drug-likeness (QED) is 0.306. The summed E-state index contributed by atoms with van der Waals surface area (Å²) in [6.07, 6.45) is 2.26. The zero-order valence-electron chi connectivity index (χ0n) is 9.63. The highest BCUT2D eigenvalue weighted by Gasteiger charge is 2.39. The van der Waals surface area contributed by atoms with Gasteiger partial charge in [0.25, 0.3) is 0 Å². The lowest BCUT2D eigenvalue weighted by Crippen LogP contribution is -3.00. The maximum atomic E-state index is 5.33. The van der Waals surface area contributed by atoms with E-state index in [9.17, 15) is 0 Å². The van der Waals surface area contributed by atoms with Crippen molar-refractivity contribution in [2.75, 3.05) is 39.1 Å². The van der Waals surface area contributed by atoms with E-state index in [1.165, 1.54) is 5.75 Å². The molecule has 1 unspecified atom stereocenters. The first-order chi connectivity index (χ1) is 6.14. The van der Waals surface area contributed by atoms with Gasteiger partial charge in [0.1, 0.15) is 11.5 Å². The van der Waals surface area contributed by atoms with Crippen LogP contribution in [0.25, 0.3) is 0 Å². The summed E-state index contributed by atoms with van der Waals surface area (Å²) in [4.78, 5) is 0. The molecule has 0 aromatic carbocycles. The van der Waals surface area contributed by atoms with E-state index in [0.29, 0.717) is 10.9 Å². The molecular formula is C8H21IO3SSi. The summed E-state index contributed by atoms with van der Waals surface area (Å²) in [6, 6.07) is 0.921. The Balaban J connectivity index is 0. The van der Waals surface area contributed by atoms with E-state index in [1.807, 2.05) is 0 Å². The lowest BCUT2D eigenvalue weighted by atomic mass is 10.9. The Morgan fingerprint density at radius 3 is 1.79 bits per heavy atom. The molecule has 88 valence electrons. The molecule has 14 heavy (non-hydrogen) atoms. The van der Waals surface area contributed by atoms with Crippen molar-refractivity contribution in [2.45, 2.75) is 13.0 Å². The molecule has 3 nitrogen and oxygen atoms in total. The van der Waals surface area contributed by atoms with Crippen LogP contribution in [-0.4, -0.2) is 47.9 Å². The Morgan fingerprint density at radius 2 is 1.50 bits per heavy atom. The lowest BCUT2D eigenvalue weighted by Gasteiger charge is -2.23. The Labute approximate surface area is 109 Å². The molecule has 0 fully saturated rings. The Hall–Kier alpha value is 1.18. The Kier molecular flexibility index (Phi) is 11.8. The van der Waals surface area contributed by atoms with Gasteiger partial charge in [0.15, 0.2) is 0 Å². The number of rotatable bonds is 7. The molecule has 1 atom stereocenters. The molecule has 0 aliphatic heterocycles. The van der Waals surface area contributed by atoms with Crippen molar-refractivity contribution in [3.05, 3.63) is 0 Å². The van der Waals surface area contributed by atoms with Crippen molar-refractivity contribution in [1.29, 1.82) is 0 Å². The third-order valence-electron chi connectivity index (χ3n) is 2.18. The van der Waals surface area contributed by atoms with Gasteiger partial charge in [-0.2, -0.15) is 0 Å². The van der Waals surface area contributed by atoms with Crippen LogP contribution in [-0.2, 0) is 24.2 Å². The second-order valence-corrected chi connectivity index (χ2v) is 8.46. The molecule has 0 aromatic heterocycles. The number of hydrogen-bond acceptors (Lipinski definition) is 3. The fourth-order valence-corrected chi connectivity index (χ4v) is 4.79. The average Bonchev–Trinajstić information content (AvgIpc) is 2.20. The Bertz CT molecular complexity index is 127. The first kappa shape index (κ1) is 17.6. The van der Waals surface area contributed by atoms with Crippen LogP contribution in [0.1, 0.15) is 6.92 Å². The van der Waals surface area contributed by atoms with Gasteiger partial charge in [0, 0.05) is 21.3 Å². The maximum absolute atomic E-state index is 5.33. The molecule has 0 heterocycles. The molecule has 0 aliphatic carbocycles. The Morgan fingerprint density at radius 1 is 1.07 bits per heavy atom. The minimum absolute atomic E-state index is 0. The normalized spacial score (nSPS) is 13.5. The second kappa shape index (κ2) is 9.41.